The molecule has 0 spiro atoms. The second kappa shape index (κ2) is 6.85. The van der Waals surface area contributed by atoms with E-state index in [9.17, 15) is 0 Å². The van der Waals surface area contributed by atoms with Crippen LogP contribution in [0.1, 0.15) is 39.8 Å². The third kappa shape index (κ3) is 3.31. The molecule has 2 aliphatic carbocycles. The van der Waals surface area contributed by atoms with E-state index in [1.807, 2.05) is 0 Å². The van der Waals surface area contributed by atoms with Crippen molar-refractivity contribution in [3.63, 3.8) is 0 Å². The average molecular weight is 355 g/mol. The van der Waals surface area contributed by atoms with Gasteiger partial charge in [0.05, 0.1) is 0 Å². The number of rotatable bonds is 0. The number of hydrogen-bond acceptors (Lipinski definition) is 0. The Morgan fingerprint density at radius 1 is 0.550 bits per heavy atom. The summed E-state index contributed by atoms with van der Waals surface area (Å²) < 4.78 is 0. The van der Waals surface area contributed by atoms with Crippen LogP contribution < -0.4 is 0 Å². The van der Waals surface area contributed by atoms with Crippen molar-refractivity contribution in [2.24, 2.45) is 11.8 Å². The van der Waals surface area contributed by atoms with E-state index in [1.54, 1.807) is 0 Å². The van der Waals surface area contributed by atoms with Gasteiger partial charge in [-0.1, -0.05) is 24.3 Å². The fourth-order valence-electron chi connectivity index (χ4n) is 3.02. The van der Waals surface area contributed by atoms with Crippen LogP contribution in [0.4, 0.5) is 0 Å². The van der Waals surface area contributed by atoms with Crippen LogP contribution >= 0.6 is 0 Å². The summed E-state index contributed by atoms with van der Waals surface area (Å²) in [6.07, 6.45) is 10.5. The molecule has 3 rings (SSSR count). The Morgan fingerprint density at radius 3 is 0.850 bits per heavy atom. The molecule has 1 aromatic rings. The Kier molecular flexibility index (Phi) is 5.95. The minimum absolute atomic E-state index is 0. The minimum Gasteiger partial charge on any atom is -0.0810 e. The Balaban J connectivity index is 0.000000212. The van der Waals surface area contributed by atoms with Gasteiger partial charge < -0.3 is 0 Å². The van der Waals surface area contributed by atoms with Crippen molar-refractivity contribution >= 4 is 0 Å². The summed E-state index contributed by atoms with van der Waals surface area (Å²) in [4.78, 5) is 0. The van der Waals surface area contributed by atoms with Gasteiger partial charge >= 0.3 is 0 Å². The molecule has 0 heterocycles. The summed E-state index contributed by atoms with van der Waals surface area (Å²) in [5, 5.41) is 0. The first kappa shape index (κ1) is 17.4. The van der Waals surface area contributed by atoms with Crippen LogP contribution in [0.5, 0.6) is 0 Å². The zero-order chi connectivity index (χ0) is 14.2. The molecule has 0 nitrogen and oxygen atoms in total. The van der Waals surface area contributed by atoms with Crippen LogP contribution in [-0.2, 0) is 19.5 Å². The van der Waals surface area contributed by atoms with Crippen molar-refractivity contribution in [2.75, 3.05) is 0 Å². The van der Waals surface area contributed by atoms with Crippen LogP contribution in [0.3, 0.4) is 0 Å². The standard InChI is InChI=1S/C12H18.C7H8.Ru/c1-7-8(2)10(4)12(6)11(5)9(7)3;1-2-7-4-3-6(1)5-7;/h1-6H3;1-4,6-7H,5H2;. The van der Waals surface area contributed by atoms with Crippen LogP contribution in [0.15, 0.2) is 24.3 Å². The van der Waals surface area contributed by atoms with Gasteiger partial charge in [0.2, 0.25) is 0 Å². The average Bonchev–Trinajstić information content (AvgIpc) is 3.06. The van der Waals surface area contributed by atoms with E-state index >= 15 is 0 Å². The summed E-state index contributed by atoms with van der Waals surface area (Å²) in [5.41, 5.74) is 8.73. The number of allylic oxidation sites excluding steroid dienone is 4. The molecule has 0 N–H and O–H groups in total. The van der Waals surface area contributed by atoms with Crippen molar-refractivity contribution < 1.29 is 19.5 Å². The quantitative estimate of drug-likeness (QED) is 0.438. The molecule has 0 aromatic heterocycles. The van der Waals surface area contributed by atoms with E-state index in [2.05, 4.69) is 65.8 Å². The topological polar surface area (TPSA) is 0 Å². The van der Waals surface area contributed by atoms with Gasteiger partial charge in [-0.3, -0.25) is 0 Å². The van der Waals surface area contributed by atoms with E-state index < -0.39 is 0 Å². The Labute approximate surface area is 137 Å². The predicted molar refractivity (Wildman–Crippen MR) is 84.7 cm³/mol. The molecule has 0 saturated carbocycles. The van der Waals surface area contributed by atoms with Crippen molar-refractivity contribution in [3.05, 3.63) is 57.7 Å². The van der Waals surface area contributed by atoms with Crippen LogP contribution in [-0.4, -0.2) is 0 Å². The molecule has 0 atom stereocenters. The minimum atomic E-state index is 0. The molecule has 0 amide bonds. The summed E-state index contributed by atoms with van der Waals surface area (Å²) in [6, 6.07) is 0. The largest absolute Gasteiger partial charge is 0.0810 e. The fraction of sp³-hybridized carbons (Fsp3) is 0.474. The summed E-state index contributed by atoms with van der Waals surface area (Å²) >= 11 is 0. The second-order valence-electron chi connectivity index (χ2n) is 6.08. The van der Waals surface area contributed by atoms with Gasteiger partial charge in [0.15, 0.2) is 0 Å². The maximum absolute atomic E-state index is 2.30. The summed E-state index contributed by atoms with van der Waals surface area (Å²) in [7, 11) is 0. The van der Waals surface area contributed by atoms with E-state index in [4.69, 9.17) is 0 Å². The van der Waals surface area contributed by atoms with E-state index in [0.717, 1.165) is 11.8 Å². The van der Waals surface area contributed by atoms with Crippen molar-refractivity contribution in [2.45, 2.75) is 48.0 Å². The van der Waals surface area contributed by atoms with Crippen LogP contribution in [0.25, 0.3) is 0 Å². The first-order chi connectivity index (χ1) is 8.91. The molecule has 2 aliphatic rings. The zero-order valence-electron chi connectivity index (χ0n) is 13.5. The molecule has 0 saturated heterocycles. The third-order valence-electron chi connectivity index (χ3n) is 5.13. The van der Waals surface area contributed by atoms with Crippen LogP contribution in [0, 0.1) is 53.4 Å². The molecule has 1 heteroatoms. The third-order valence-corrected chi connectivity index (χ3v) is 5.13. The van der Waals surface area contributed by atoms with E-state index in [1.165, 1.54) is 39.8 Å². The van der Waals surface area contributed by atoms with Gasteiger partial charge in [0, 0.05) is 19.5 Å². The molecule has 0 aliphatic heterocycles. The molecular weight excluding hydrogens is 329 g/mol. The van der Waals surface area contributed by atoms with Crippen molar-refractivity contribution in [3.8, 4) is 0 Å². The molecule has 0 unspecified atom stereocenters. The zero-order valence-corrected chi connectivity index (χ0v) is 15.3. The number of benzene rings is 1. The van der Waals surface area contributed by atoms with Crippen LogP contribution in [0.2, 0.25) is 0 Å². The normalized spacial score (nSPS) is 21.5. The maximum Gasteiger partial charge on any atom is 0 e. The first-order valence-corrected chi connectivity index (χ1v) is 7.32. The van der Waals surface area contributed by atoms with Gasteiger partial charge in [-0.15, -0.1) is 0 Å². The maximum atomic E-state index is 2.30. The SMILES string of the molecule is C1=CC2C=CC1C2.Cc1c(C)c(C)c(C)c(C)c1C.[Ru]. The van der Waals surface area contributed by atoms with Gasteiger partial charge in [-0.05, 0) is 93.2 Å². The van der Waals surface area contributed by atoms with Gasteiger partial charge in [0.25, 0.3) is 0 Å². The smallest absolute Gasteiger partial charge is 0 e. The molecule has 2 bridgehead atoms. The molecular formula is C19H26Ru. The van der Waals surface area contributed by atoms with Gasteiger partial charge in [0.1, 0.15) is 0 Å². The van der Waals surface area contributed by atoms with E-state index in [-0.39, 0.29) is 19.5 Å². The fourth-order valence-corrected chi connectivity index (χ4v) is 3.02. The molecule has 0 fully saturated rings. The predicted octanol–water partition coefficient (Wildman–Crippen LogP) is 5.28. The van der Waals surface area contributed by atoms with Crippen molar-refractivity contribution in [1.82, 2.24) is 0 Å². The van der Waals surface area contributed by atoms with E-state index in [0.29, 0.717) is 0 Å². The first-order valence-electron chi connectivity index (χ1n) is 7.32. The van der Waals surface area contributed by atoms with Gasteiger partial charge in [-0.25, -0.2) is 0 Å². The second-order valence-corrected chi connectivity index (χ2v) is 6.08. The molecule has 110 valence electrons. The Morgan fingerprint density at radius 2 is 0.750 bits per heavy atom. The summed E-state index contributed by atoms with van der Waals surface area (Å²) in [6.45, 7) is 13.3. The molecule has 0 radical (unpaired) electrons. The van der Waals surface area contributed by atoms with Gasteiger partial charge in [-0.2, -0.15) is 0 Å². The Bertz CT molecular complexity index is 416. The Hall–Kier alpha value is -0.677. The monoisotopic (exact) mass is 356 g/mol. The van der Waals surface area contributed by atoms with Crippen molar-refractivity contribution in [1.29, 1.82) is 0 Å². The number of fused-ring (bicyclic) bond motifs is 2. The summed E-state index contributed by atoms with van der Waals surface area (Å²) in [5.74, 6) is 1.62. The molecule has 20 heavy (non-hydrogen) atoms. The molecule has 1 aromatic carbocycles. The number of hydrogen-bond donors (Lipinski definition) is 0.